The third-order valence-corrected chi connectivity index (χ3v) is 4.27. The van der Waals surface area contributed by atoms with Crippen molar-refractivity contribution in [3.63, 3.8) is 0 Å². The lowest BCUT2D eigenvalue weighted by atomic mass is 10.0. The van der Waals surface area contributed by atoms with Gasteiger partial charge in [-0.25, -0.2) is 0 Å². The number of nitrogens with two attached hydrogens (primary N) is 1. The first kappa shape index (κ1) is 16.9. The van der Waals surface area contributed by atoms with Gasteiger partial charge in [-0.3, -0.25) is 14.2 Å². The van der Waals surface area contributed by atoms with Crippen molar-refractivity contribution in [2.45, 2.75) is 19.5 Å². The van der Waals surface area contributed by atoms with E-state index in [0.717, 1.165) is 16.5 Å². The number of carbonyl (C=O) groups is 1. The average molecular weight is 335 g/mol. The van der Waals surface area contributed by atoms with Gasteiger partial charge in [0.25, 0.3) is 5.56 Å². The summed E-state index contributed by atoms with van der Waals surface area (Å²) in [5.74, 6) is -0.284. The topological polar surface area (TPSA) is 77.1 Å². The number of rotatable bonds is 5. The van der Waals surface area contributed by atoms with Crippen LogP contribution in [0.15, 0.2) is 65.6 Å². The van der Waals surface area contributed by atoms with E-state index in [9.17, 15) is 9.59 Å². The van der Waals surface area contributed by atoms with Gasteiger partial charge in [0.2, 0.25) is 5.91 Å². The Bertz CT molecular complexity index is 948. The third kappa shape index (κ3) is 3.32. The molecule has 0 bridgehead atoms. The van der Waals surface area contributed by atoms with E-state index >= 15 is 0 Å². The van der Waals surface area contributed by atoms with E-state index < -0.39 is 6.17 Å². The van der Waals surface area contributed by atoms with Crippen LogP contribution in [0.2, 0.25) is 0 Å². The van der Waals surface area contributed by atoms with Crippen LogP contribution in [-0.2, 0) is 4.79 Å². The summed E-state index contributed by atoms with van der Waals surface area (Å²) < 4.78 is 1.60. The van der Waals surface area contributed by atoms with E-state index in [0.29, 0.717) is 11.8 Å². The van der Waals surface area contributed by atoms with E-state index in [4.69, 9.17) is 5.73 Å². The first-order valence-corrected chi connectivity index (χ1v) is 8.34. The largest absolute Gasteiger partial charge is 0.334 e. The number of nitrogens with zero attached hydrogens (tertiary/aromatic N) is 1. The summed E-state index contributed by atoms with van der Waals surface area (Å²) in [6.07, 6.45) is 1.97. The first-order valence-electron chi connectivity index (χ1n) is 8.34. The number of nitrogens with one attached hydrogen (secondary N) is 1. The second kappa shape index (κ2) is 7.32. The Morgan fingerprint density at radius 2 is 1.72 bits per heavy atom. The van der Waals surface area contributed by atoms with Gasteiger partial charge >= 0.3 is 0 Å². The number of carbonyl (C=O) groups excluding carboxylic acids is 1. The number of hydrogen-bond donors (Lipinski definition) is 2. The molecule has 2 aromatic carbocycles. The summed E-state index contributed by atoms with van der Waals surface area (Å²) in [4.78, 5) is 24.7. The molecule has 0 spiro atoms. The van der Waals surface area contributed by atoms with Crippen molar-refractivity contribution in [1.29, 1.82) is 0 Å². The third-order valence-electron chi connectivity index (χ3n) is 4.27. The number of fused-ring (bicyclic) bond motifs is 1. The maximum atomic E-state index is 13.0. The monoisotopic (exact) mass is 335 g/mol. The molecule has 1 unspecified atom stereocenters. The van der Waals surface area contributed by atoms with E-state index in [1.54, 1.807) is 4.57 Å². The highest BCUT2D eigenvalue weighted by Crippen LogP contribution is 2.27. The predicted octanol–water partition coefficient (Wildman–Crippen LogP) is 2.65. The summed E-state index contributed by atoms with van der Waals surface area (Å²) in [7, 11) is 0. The molecule has 25 heavy (non-hydrogen) atoms. The fraction of sp³-hybridized carbons (Fsp3) is 0.200. The Morgan fingerprint density at radius 1 is 1.08 bits per heavy atom. The average Bonchev–Trinajstić information content (AvgIpc) is 2.67. The Balaban J connectivity index is 2.25. The van der Waals surface area contributed by atoms with Crippen molar-refractivity contribution in [3.05, 3.63) is 71.1 Å². The molecule has 0 aliphatic rings. The number of hydrogen-bond acceptors (Lipinski definition) is 3. The lowest BCUT2D eigenvalue weighted by molar-refractivity contribution is -0.121. The molecule has 1 amide bonds. The molecule has 128 valence electrons. The van der Waals surface area contributed by atoms with Gasteiger partial charge in [0.05, 0.1) is 6.54 Å². The molecule has 0 aliphatic heterocycles. The summed E-state index contributed by atoms with van der Waals surface area (Å²) in [6.45, 7) is 1.82. The standard InChI is InChI=1S/C20H21N3O2/c1-2-18(22-19(24)12-21)23-13-17(14-8-4-3-5-9-14)15-10-6-7-11-16(15)20(23)25/h3-11,13,18H,2,12,21H2,1H3,(H,22,24). The van der Waals surface area contributed by atoms with E-state index in [2.05, 4.69) is 5.32 Å². The van der Waals surface area contributed by atoms with Crippen molar-refractivity contribution >= 4 is 16.7 Å². The maximum Gasteiger partial charge on any atom is 0.260 e. The molecule has 3 N–H and O–H groups in total. The normalized spacial score (nSPS) is 12.1. The van der Waals surface area contributed by atoms with Crippen LogP contribution in [0, 0.1) is 0 Å². The fourth-order valence-electron chi connectivity index (χ4n) is 3.00. The second-order valence-corrected chi connectivity index (χ2v) is 5.86. The van der Waals surface area contributed by atoms with Crippen LogP contribution in [-0.4, -0.2) is 17.0 Å². The summed E-state index contributed by atoms with van der Waals surface area (Å²) in [5.41, 5.74) is 7.25. The smallest absolute Gasteiger partial charge is 0.260 e. The zero-order valence-corrected chi connectivity index (χ0v) is 14.1. The van der Waals surface area contributed by atoms with E-state index in [1.165, 1.54) is 0 Å². The van der Waals surface area contributed by atoms with Crippen molar-refractivity contribution < 1.29 is 4.79 Å². The summed E-state index contributed by atoms with van der Waals surface area (Å²) in [5, 5.41) is 4.34. The Morgan fingerprint density at radius 3 is 2.36 bits per heavy atom. The highest BCUT2D eigenvalue weighted by molar-refractivity contribution is 5.95. The van der Waals surface area contributed by atoms with Gasteiger partial charge in [-0.1, -0.05) is 55.5 Å². The molecule has 1 atom stereocenters. The SMILES string of the molecule is CCC(NC(=O)CN)n1cc(-c2ccccc2)c2ccccc2c1=O. The number of benzene rings is 2. The van der Waals surface area contributed by atoms with Gasteiger partial charge in [-0.15, -0.1) is 0 Å². The van der Waals surface area contributed by atoms with Gasteiger partial charge in [0.1, 0.15) is 6.17 Å². The minimum absolute atomic E-state index is 0.107. The van der Waals surface area contributed by atoms with Crippen LogP contribution in [0.1, 0.15) is 19.5 Å². The summed E-state index contributed by atoms with van der Waals surface area (Å²) in [6, 6.07) is 17.4. The van der Waals surface area contributed by atoms with E-state index in [-0.39, 0.29) is 18.0 Å². The quantitative estimate of drug-likeness (QED) is 0.752. The molecule has 0 radical (unpaired) electrons. The molecule has 5 heteroatoms. The van der Waals surface area contributed by atoms with Crippen LogP contribution in [0.25, 0.3) is 21.9 Å². The molecule has 1 heterocycles. The van der Waals surface area contributed by atoms with Gasteiger partial charge in [-0.2, -0.15) is 0 Å². The molecule has 0 fully saturated rings. The number of aromatic nitrogens is 1. The Labute approximate surface area is 146 Å². The molecule has 1 aromatic heterocycles. The highest BCUT2D eigenvalue weighted by atomic mass is 16.2. The van der Waals surface area contributed by atoms with Gasteiger partial charge in [0, 0.05) is 17.1 Å². The van der Waals surface area contributed by atoms with Gasteiger partial charge in [0.15, 0.2) is 0 Å². The minimum Gasteiger partial charge on any atom is -0.334 e. The second-order valence-electron chi connectivity index (χ2n) is 5.86. The molecule has 0 aliphatic carbocycles. The fourth-order valence-corrected chi connectivity index (χ4v) is 3.00. The van der Waals surface area contributed by atoms with Crippen LogP contribution in [0.5, 0.6) is 0 Å². The van der Waals surface area contributed by atoms with Gasteiger partial charge in [-0.05, 0) is 23.4 Å². The van der Waals surface area contributed by atoms with Crippen molar-refractivity contribution in [2.24, 2.45) is 5.73 Å². The maximum absolute atomic E-state index is 13.0. The summed E-state index contributed by atoms with van der Waals surface area (Å²) >= 11 is 0. The van der Waals surface area contributed by atoms with E-state index in [1.807, 2.05) is 67.7 Å². The number of amides is 1. The Hall–Kier alpha value is -2.92. The molecule has 3 rings (SSSR count). The van der Waals surface area contributed by atoms with Crippen molar-refractivity contribution in [1.82, 2.24) is 9.88 Å². The molecule has 0 saturated heterocycles. The minimum atomic E-state index is -0.435. The van der Waals surface area contributed by atoms with Crippen molar-refractivity contribution in [2.75, 3.05) is 6.54 Å². The van der Waals surface area contributed by atoms with Crippen LogP contribution >= 0.6 is 0 Å². The predicted molar refractivity (Wildman–Crippen MR) is 100 cm³/mol. The zero-order valence-electron chi connectivity index (χ0n) is 14.1. The lowest BCUT2D eigenvalue weighted by Crippen LogP contribution is -2.40. The Kier molecular flexibility index (Phi) is 4.95. The number of pyridine rings is 1. The van der Waals surface area contributed by atoms with Crippen LogP contribution in [0.4, 0.5) is 0 Å². The molecule has 0 saturated carbocycles. The van der Waals surface area contributed by atoms with Crippen LogP contribution < -0.4 is 16.6 Å². The van der Waals surface area contributed by atoms with Crippen molar-refractivity contribution in [3.8, 4) is 11.1 Å². The molecular formula is C20H21N3O2. The molecule has 5 nitrogen and oxygen atoms in total. The molecular weight excluding hydrogens is 314 g/mol. The lowest BCUT2D eigenvalue weighted by Gasteiger charge is -2.21. The van der Waals surface area contributed by atoms with Gasteiger partial charge < -0.3 is 11.1 Å². The molecule has 3 aromatic rings. The van der Waals surface area contributed by atoms with Crippen LogP contribution in [0.3, 0.4) is 0 Å². The highest BCUT2D eigenvalue weighted by Gasteiger charge is 2.17. The zero-order chi connectivity index (χ0) is 17.8. The first-order chi connectivity index (χ1) is 12.2.